The number of piperazine rings is 1. The van der Waals surface area contributed by atoms with Gasteiger partial charge in [0, 0.05) is 49.5 Å². The van der Waals surface area contributed by atoms with Crippen LogP contribution in [0.2, 0.25) is 0 Å². The minimum atomic E-state index is 0.210. The number of carbonyl (C=O) groups is 1. The highest BCUT2D eigenvalue weighted by atomic mass is 16.2. The minimum absolute atomic E-state index is 0.210. The third kappa shape index (κ3) is 3.83. The topological polar surface area (TPSA) is 49.3 Å². The van der Waals surface area contributed by atoms with Crippen LogP contribution in [0.5, 0.6) is 0 Å². The van der Waals surface area contributed by atoms with Crippen LogP contribution >= 0.6 is 0 Å². The van der Waals surface area contributed by atoms with Crippen molar-refractivity contribution in [2.24, 2.45) is 0 Å². The van der Waals surface area contributed by atoms with Crippen LogP contribution in [-0.4, -0.2) is 58.9 Å². The maximum absolute atomic E-state index is 12.6. The molecule has 0 saturated carbocycles. The Hall–Kier alpha value is -2.79. The van der Waals surface area contributed by atoms with E-state index in [1.54, 1.807) is 12.4 Å². The molecular formula is C22H24N4O. The van der Waals surface area contributed by atoms with E-state index in [9.17, 15) is 4.79 Å². The fraction of sp³-hybridized carbons (Fsp3) is 0.318. The lowest BCUT2D eigenvalue weighted by atomic mass is 10.0. The van der Waals surface area contributed by atoms with Crippen LogP contribution < -0.4 is 0 Å². The second-order valence-electron chi connectivity index (χ2n) is 7.27. The highest BCUT2D eigenvalue weighted by Crippen LogP contribution is 2.25. The number of nitrogens with zero attached hydrogens (tertiary/aromatic N) is 4. The lowest BCUT2D eigenvalue weighted by Crippen LogP contribution is -2.47. The zero-order chi connectivity index (χ0) is 18.8. The van der Waals surface area contributed by atoms with Gasteiger partial charge in [0.25, 0.3) is 0 Å². The Bertz CT molecular complexity index is 963. The highest BCUT2D eigenvalue weighted by molar-refractivity contribution is 5.87. The van der Waals surface area contributed by atoms with Crippen LogP contribution in [0, 0.1) is 6.92 Å². The summed E-state index contributed by atoms with van der Waals surface area (Å²) in [6.07, 6.45) is 4.01. The summed E-state index contributed by atoms with van der Waals surface area (Å²) in [5, 5.41) is 1.11. The van der Waals surface area contributed by atoms with E-state index >= 15 is 0 Å². The molecule has 2 aromatic heterocycles. The van der Waals surface area contributed by atoms with Crippen LogP contribution in [0.3, 0.4) is 0 Å². The second-order valence-corrected chi connectivity index (χ2v) is 7.27. The van der Waals surface area contributed by atoms with Gasteiger partial charge in [-0.15, -0.1) is 0 Å². The molecule has 1 amide bonds. The molecule has 1 saturated heterocycles. The van der Waals surface area contributed by atoms with Gasteiger partial charge in [-0.1, -0.05) is 6.07 Å². The summed E-state index contributed by atoms with van der Waals surface area (Å²) in [6.45, 7) is 5.63. The molecule has 1 fully saturated rings. The third-order valence-corrected chi connectivity index (χ3v) is 5.27. The third-order valence-electron chi connectivity index (χ3n) is 5.27. The van der Waals surface area contributed by atoms with E-state index in [2.05, 4.69) is 36.0 Å². The number of hydrogen-bond acceptors (Lipinski definition) is 4. The molecule has 0 atom stereocenters. The molecule has 0 radical (unpaired) electrons. The van der Waals surface area contributed by atoms with Gasteiger partial charge in [-0.2, -0.15) is 0 Å². The Labute approximate surface area is 159 Å². The molecule has 0 unspecified atom stereocenters. The number of fused-ring (bicyclic) bond motifs is 1. The summed E-state index contributed by atoms with van der Waals surface area (Å²) >= 11 is 0. The van der Waals surface area contributed by atoms with Crippen molar-refractivity contribution in [3.8, 4) is 11.3 Å². The van der Waals surface area contributed by atoms with Crippen LogP contribution in [0.25, 0.3) is 22.2 Å². The molecule has 1 aromatic carbocycles. The van der Waals surface area contributed by atoms with Crippen molar-refractivity contribution in [2.45, 2.75) is 13.3 Å². The van der Waals surface area contributed by atoms with E-state index in [1.807, 2.05) is 29.2 Å². The van der Waals surface area contributed by atoms with Crippen molar-refractivity contribution in [3.05, 3.63) is 59.9 Å². The SMILES string of the molecule is Cc1cc(-c2ccncc2)nc2ccc(CC(=O)N3CCN(C)CC3)cc12. The lowest BCUT2D eigenvalue weighted by molar-refractivity contribution is -0.132. The number of pyridine rings is 2. The number of aryl methyl sites for hydroxylation is 1. The molecule has 5 heteroatoms. The van der Waals surface area contributed by atoms with Gasteiger partial charge in [-0.05, 0) is 55.4 Å². The van der Waals surface area contributed by atoms with Gasteiger partial charge in [-0.25, -0.2) is 4.98 Å². The summed E-state index contributed by atoms with van der Waals surface area (Å²) in [5.74, 6) is 0.210. The Kier molecular flexibility index (Phi) is 4.86. The Morgan fingerprint density at radius 3 is 2.52 bits per heavy atom. The van der Waals surface area contributed by atoms with Crippen molar-refractivity contribution in [1.82, 2.24) is 19.8 Å². The number of amides is 1. The van der Waals surface area contributed by atoms with Crippen molar-refractivity contribution >= 4 is 16.8 Å². The normalized spacial score (nSPS) is 15.3. The molecule has 0 N–H and O–H groups in total. The van der Waals surface area contributed by atoms with Crippen LogP contribution in [0.4, 0.5) is 0 Å². The van der Waals surface area contributed by atoms with E-state index in [1.165, 1.54) is 5.56 Å². The predicted molar refractivity (Wildman–Crippen MR) is 107 cm³/mol. The summed E-state index contributed by atoms with van der Waals surface area (Å²) in [5.41, 5.74) is 5.18. The van der Waals surface area contributed by atoms with Gasteiger partial charge in [0.1, 0.15) is 0 Å². The van der Waals surface area contributed by atoms with Gasteiger partial charge in [0.15, 0.2) is 0 Å². The average molecular weight is 360 g/mol. The number of hydrogen-bond donors (Lipinski definition) is 0. The number of carbonyl (C=O) groups excluding carboxylic acids is 1. The van der Waals surface area contributed by atoms with Crippen molar-refractivity contribution in [2.75, 3.05) is 33.2 Å². The van der Waals surface area contributed by atoms with E-state index in [-0.39, 0.29) is 5.91 Å². The van der Waals surface area contributed by atoms with Crippen LogP contribution in [0.1, 0.15) is 11.1 Å². The first kappa shape index (κ1) is 17.6. The number of likely N-dealkylation sites (N-methyl/N-ethyl adjacent to an activating group) is 1. The molecule has 3 aromatic rings. The van der Waals surface area contributed by atoms with Gasteiger partial charge >= 0.3 is 0 Å². The molecule has 27 heavy (non-hydrogen) atoms. The van der Waals surface area contributed by atoms with Crippen LogP contribution in [0.15, 0.2) is 48.8 Å². The van der Waals surface area contributed by atoms with E-state index in [0.717, 1.165) is 53.9 Å². The Balaban J connectivity index is 1.57. The molecule has 1 aliphatic heterocycles. The quantitative estimate of drug-likeness (QED) is 0.721. The van der Waals surface area contributed by atoms with Gasteiger partial charge < -0.3 is 9.80 Å². The molecule has 4 rings (SSSR count). The summed E-state index contributed by atoms with van der Waals surface area (Å²) in [7, 11) is 2.10. The Morgan fingerprint density at radius 2 is 1.78 bits per heavy atom. The fourth-order valence-electron chi connectivity index (χ4n) is 3.56. The van der Waals surface area contributed by atoms with Crippen molar-refractivity contribution in [1.29, 1.82) is 0 Å². The molecule has 0 spiro atoms. The first-order valence-electron chi connectivity index (χ1n) is 9.37. The Morgan fingerprint density at radius 1 is 1.04 bits per heavy atom. The van der Waals surface area contributed by atoms with E-state index < -0.39 is 0 Å². The zero-order valence-electron chi connectivity index (χ0n) is 15.9. The first-order chi connectivity index (χ1) is 13.1. The van der Waals surface area contributed by atoms with E-state index in [4.69, 9.17) is 4.98 Å². The molecule has 5 nitrogen and oxygen atoms in total. The maximum atomic E-state index is 12.6. The van der Waals surface area contributed by atoms with E-state index in [0.29, 0.717) is 6.42 Å². The lowest BCUT2D eigenvalue weighted by Gasteiger charge is -2.32. The second kappa shape index (κ2) is 7.45. The van der Waals surface area contributed by atoms with Crippen LogP contribution in [-0.2, 0) is 11.2 Å². The summed E-state index contributed by atoms with van der Waals surface area (Å²) < 4.78 is 0. The van der Waals surface area contributed by atoms with Gasteiger partial charge in [-0.3, -0.25) is 9.78 Å². The molecule has 1 aliphatic rings. The predicted octanol–water partition coefficient (Wildman–Crippen LogP) is 2.92. The molecule has 138 valence electrons. The summed E-state index contributed by atoms with van der Waals surface area (Å²) in [4.78, 5) is 25.7. The fourth-order valence-corrected chi connectivity index (χ4v) is 3.56. The molecule has 0 bridgehead atoms. The molecule has 0 aliphatic carbocycles. The maximum Gasteiger partial charge on any atom is 0.227 e. The minimum Gasteiger partial charge on any atom is -0.340 e. The highest BCUT2D eigenvalue weighted by Gasteiger charge is 2.19. The molecule has 3 heterocycles. The summed E-state index contributed by atoms with van der Waals surface area (Å²) in [6, 6.07) is 12.2. The molecular weight excluding hydrogens is 336 g/mol. The smallest absolute Gasteiger partial charge is 0.227 e. The first-order valence-corrected chi connectivity index (χ1v) is 9.37. The van der Waals surface area contributed by atoms with Gasteiger partial charge in [0.05, 0.1) is 17.6 Å². The van der Waals surface area contributed by atoms with Crippen molar-refractivity contribution < 1.29 is 4.79 Å². The van der Waals surface area contributed by atoms with Crippen molar-refractivity contribution in [3.63, 3.8) is 0 Å². The van der Waals surface area contributed by atoms with Gasteiger partial charge in [0.2, 0.25) is 5.91 Å². The zero-order valence-corrected chi connectivity index (χ0v) is 15.9. The monoisotopic (exact) mass is 360 g/mol. The average Bonchev–Trinajstić information content (AvgIpc) is 2.69. The number of aromatic nitrogens is 2. The standard InChI is InChI=1S/C22H24N4O/c1-16-13-21(18-5-7-23-8-6-18)24-20-4-3-17(14-19(16)20)15-22(27)26-11-9-25(2)10-12-26/h3-8,13-14H,9-12,15H2,1-2H3. The number of rotatable bonds is 3. The number of benzene rings is 1. The largest absolute Gasteiger partial charge is 0.340 e.